The number of hydrogen-bond acceptors (Lipinski definition) is 4. The van der Waals surface area contributed by atoms with Gasteiger partial charge in [0.2, 0.25) is 0 Å². The fourth-order valence-electron chi connectivity index (χ4n) is 6.19. The molecule has 0 bridgehead atoms. The summed E-state index contributed by atoms with van der Waals surface area (Å²) in [6.45, 7) is 7.07. The lowest BCUT2D eigenvalue weighted by Crippen LogP contribution is -2.44. The Kier molecular flexibility index (Phi) is 6.63. The molecule has 7 heteroatoms. The molecule has 1 fully saturated rings. The van der Waals surface area contributed by atoms with Crippen molar-refractivity contribution < 1.29 is 19.1 Å². The first-order valence-electron chi connectivity index (χ1n) is 13.8. The van der Waals surface area contributed by atoms with Gasteiger partial charge in [0.05, 0.1) is 5.71 Å². The molecule has 3 heterocycles. The zero-order valence-electron chi connectivity index (χ0n) is 22.5. The first-order chi connectivity index (χ1) is 18.8. The minimum absolute atomic E-state index is 0.226. The minimum atomic E-state index is -0.847. The van der Waals surface area contributed by atoms with Gasteiger partial charge >= 0.3 is 5.97 Å². The zero-order chi connectivity index (χ0) is 27.1. The van der Waals surface area contributed by atoms with Crippen molar-refractivity contribution in [3.63, 3.8) is 0 Å². The highest BCUT2D eigenvalue weighted by atomic mass is 19.1. The van der Waals surface area contributed by atoms with Crippen molar-refractivity contribution in [2.75, 3.05) is 13.1 Å². The number of benzene rings is 2. The number of fused-ring (bicyclic) bond motifs is 1. The van der Waals surface area contributed by atoms with Crippen LogP contribution < -0.4 is 0 Å². The Bertz CT molecular complexity index is 1510. The van der Waals surface area contributed by atoms with Crippen LogP contribution in [0.2, 0.25) is 0 Å². The van der Waals surface area contributed by atoms with E-state index in [4.69, 9.17) is 4.84 Å². The number of hydrogen-bond donors (Lipinski definition) is 1. The summed E-state index contributed by atoms with van der Waals surface area (Å²) in [6.07, 6.45) is 9.69. The quantitative estimate of drug-likeness (QED) is 0.380. The normalized spacial score (nSPS) is 19.2. The summed E-state index contributed by atoms with van der Waals surface area (Å²) in [7, 11) is 0. The van der Waals surface area contributed by atoms with E-state index in [2.05, 4.69) is 52.9 Å². The highest BCUT2D eigenvalue weighted by Gasteiger charge is 2.42. The zero-order valence-corrected chi connectivity index (χ0v) is 22.5. The summed E-state index contributed by atoms with van der Waals surface area (Å²) < 4.78 is 16.0. The van der Waals surface area contributed by atoms with E-state index in [1.165, 1.54) is 28.6 Å². The summed E-state index contributed by atoms with van der Waals surface area (Å²) in [6, 6.07) is 13.5. The molecule has 6 nitrogen and oxygen atoms in total. The Morgan fingerprint density at radius 1 is 1.10 bits per heavy atom. The van der Waals surface area contributed by atoms with Crippen molar-refractivity contribution in [2.45, 2.75) is 64.1 Å². The molecule has 0 saturated carbocycles. The lowest BCUT2D eigenvalue weighted by molar-refractivity contribution is -0.132. The van der Waals surface area contributed by atoms with Gasteiger partial charge in [-0.05, 0) is 67.2 Å². The molecular formula is C32H34FN3O3. The molecule has 3 aliphatic rings. The van der Waals surface area contributed by atoms with Crippen molar-refractivity contribution in [3.05, 3.63) is 83.3 Å². The predicted molar refractivity (Wildman–Crippen MR) is 151 cm³/mol. The highest BCUT2D eigenvalue weighted by Crippen LogP contribution is 2.39. The van der Waals surface area contributed by atoms with Gasteiger partial charge < -0.3 is 14.5 Å². The lowest BCUT2D eigenvalue weighted by atomic mass is 9.83. The molecule has 1 saturated heterocycles. The number of likely N-dealkylation sites (tertiary alicyclic amines) is 1. The summed E-state index contributed by atoms with van der Waals surface area (Å²) in [5.74, 6) is -1.07. The maximum atomic E-state index is 13.7. The molecule has 1 aromatic heterocycles. The van der Waals surface area contributed by atoms with E-state index in [1.54, 1.807) is 6.08 Å². The number of carboxylic acid groups (broad SMARTS) is 1. The van der Waals surface area contributed by atoms with Crippen molar-refractivity contribution in [1.82, 2.24) is 9.47 Å². The molecule has 0 atom stereocenters. The van der Waals surface area contributed by atoms with Gasteiger partial charge in [0.1, 0.15) is 11.4 Å². The number of oxime groups is 1. The van der Waals surface area contributed by atoms with Crippen LogP contribution in [0, 0.1) is 5.82 Å². The maximum Gasteiger partial charge on any atom is 0.331 e. The summed E-state index contributed by atoms with van der Waals surface area (Å²) in [5.41, 5.74) is 6.88. The Labute approximate surface area is 228 Å². The molecule has 2 aliphatic heterocycles. The van der Waals surface area contributed by atoms with Crippen molar-refractivity contribution in [2.24, 2.45) is 5.16 Å². The van der Waals surface area contributed by atoms with Gasteiger partial charge in [-0.1, -0.05) is 41.6 Å². The second-order valence-corrected chi connectivity index (χ2v) is 11.3. The van der Waals surface area contributed by atoms with Crippen LogP contribution in [-0.2, 0) is 16.2 Å². The average Bonchev–Trinajstić information content (AvgIpc) is 3.53. The first kappa shape index (κ1) is 25.6. The van der Waals surface area contributed by atoms with Gasteiger partial charge in [-0.25, -0.2) is 9.18 Å². The first-order valence-corrected chi connectivity index (χ1v) is 13.8. The van der Waals surface area contributed by atoms with Gasteiger partial charge in [-0.3, -0.25) is 4.90 Å². The molecule has 1 aliphatic carbocycles. The smallest absolute Gasteiger partial charge is 0.331 e. The van der Waals surface area contributed by atoms with Gasteiger partial charge in [0.15, 0.2) is 0 Å². The molecule has 6 rings (SSSR count). The van der Waals surface area contributed by atoms with E-state index in [-0.39, 0.29) is 11.4 Å². The van der Waals surface area contributed by atoms with Crippen LogP contribution in [-0.4, -0.2) is 44.9 Å². The summed E-state index contributed by atoms with van der Waals surface area (Å²) in [5, 5.41) is 14.9. The standard InChI is InChI=1S/C32H34FN3O3/c1-21(2)36-20-25(30-27(4-3-5-29(30)36)22-10-12-26(33)13-11-22)19-35-16-14-32(15-17-35)18-28(34-39-32)23-6-8-24(9-7-23)31(37)38/h3-6,8,10-13,20-21H,7,9,14-19H2,1-2H3,(H,37,38). The number of aliphatic carboxylic acids is 1. The van der Waals surface area contributed by atoms with Crippen LogP contribution in [0.15, 0.2) is 77.1 Å². The van der Waals surface area contributed by atoms with Crippen LogP contribution in [0.4, 0.5) is 4.39 Å². The molecule has 0 radical (unpaired) electrons. The van der Waals surface area contributed by atoms with Gasteiger partial charge in [-0.15, -0.1) is 0 Å². The third-order valence-corrected chi connectivity index (χ3v) is 8.44. The number of nitrogens with zero attached hydrogens (tertiary/aromatic N) is 3. The minimum Gasteiger partial charge on any atom is -0.478 e. The SMILES string of the molecule is CC(C)n1cc(CN2CCC3(CC2)CC(C2=CC=C(C(=O)O)CC2)=NO3)c2c(-c3ccc(F)cc3)cccc21. The van der Waals surface area contributed by atoms with E-state index in [9.17, 15) is 14.3 Å². The number of carbonyl (C=O) groups is 1. The molecule has 3 aromatic rings. The molecule has 202 valence electrons. The van der Waals surface area contributed by atoms with Crippen LogP contribution in [0.25, 0.3) is 22.0 Å². The van der Waals surface area contributed by atoms with Gasteiger partial charge in [0, 0.05) is 67.6 Å². The largest absolute Gasteiger partial charge is 0.478 e. The summed E-state index contributed by atoms with van der Waals surface area (Å²) >= 11 is 0. The predicted octanol–water partition coefficient (Wildman–Crippen LogP) is 6.87. The molecule has 39 heavy (non-hydrogen) atoms. The molecule has 0 amide bonds. The van der Waals surface area contributed by atoms with E-state index in [0.717, 1.165) is 61.3 Å². The number of allylic oxidation sites excluding steroid dienone is 3. The van der Waals surface area contributed by atoms with Crippen LogP contribution in [0.1, 0.15) is 57.6 Å². The van der Waals surface area contributed by atoms with Crippen LogP contribution in [0.5, 0.6) is 0 Å². The van der Waals surface area contributed by atoms with Crippen molar-refractivity contribution >= 4 is 22.6 Å². The topological polar surface area (TPSA) is 67.1 Å². The Morgan fingerprint density at radius 2 is 1.87 bits per heavy atom. The Morgan fingerprint density at radius 3 is 2.54 bits per heavy atom. The second-order valence-electron chi connectivity index (χ2n) is 11.3. The van der Waals surface area contributed by atoms with Crippen molar-refractivity contribution in [1.29, 1.82) is 0 Å². The van der Waals surface area contributed by atoms with Crippen molar-refractivity contribution in [3.8, 4) is 11.1 Å². The molecule has 0 unspecified atom stereocenters. The number of aromatic nitrogens is 1. The monoisotopic (exact) mass is 527 g/mol. The Hall–Kier alpha value is -3.71. The van der Waals surface area contributed by atoms with Crippen LogP contribution >= 0.6 is 0 Å². The molecule has 1 N–H and O–H groups in total. The number of carboxylic acids is 1. The van der Waals surface area contributed by atoms with E-state index >= 15 is 0 Å². The third-order valence-electron chi connectivity index (χ3n) is 8.44. The molecule has 2 aromatic carbocycles. The van der Waals surface area contributed by atoms with E-state index < -0.39 is 5.97 Å². The van der Waals surface area contributed by atoms with E-state index in [1.807, 2.05) is 18.2 Å². The fourth-order valence-corrected chi connectivity index (χ4v) is 6.19. The lowest BCUT2D eigenvalue weighted by Gasteiger charge is -2.37. The Balaban J connectivity index is 1.19. The van der Waals surface area contributed by atoms with E-state index in [0.29, 0.717) is 24.5 Å². The van der Waals surface area contributed by atoms with Crippen LogP contribution in [0.3, 0.4) is 0 Å². The third kappa shape index (κ3) is 4.91. The van der Waals surface area contributed by atoms with Gasteiger partial charge in [-0.2, -0.15) is 0 Å². The highest BCUT2D eigenvalue weighted by molar-refractivity contribution is 6.02. The second kappa shape index (κ2) is 10.1. The molecular weight excluding hydrogens is 493 g/mol. The molecule has 1 spiro atoms. The number of halogens is 1. The number of piperidine rings is 1. The fraction of sp³-hybridized carbons (Fsp3) is 0.375. The average molecular weight is 528 g/mol. The maximum absolute atomic E-state index is 13.7. The van der Waals surface area contributed by atoms with Gasteiger partial charge in [0.25, 0.3) is 0 Å². The number of rotatable bonds is 6. The summed E-state index contributed by atoms with van der Waals surface area (Å²) in [4.78, 5) is 19.8.